The minimum atomic E-state index is -2.09. The van der Waals surface area contributed by atoms with Crippen LogP contribution in [-0.4, -0.2) is 33.3 Å². The monoisotopic (exact) mass is 504 g/mol. The van der Waals surface area contributed by atoms with Crippen LogP contribution in [0.15, 0.2) is 10.2 Å². The molecule has 0 aliphatic carbocycles. The van der Waals surface area contributed by atoms with E-state index in [4.69, 9.17) is 4.43 Å². The molecule has 0 spiro atoms. The fourth-order valence-corrected chi connectivity index (χ4v) is 20.7. The predicted octanol–water partition coefficient (Wildman–Crippen LogP) is 8.98. The summed E-state index contributed by atoms with van der Waals surface area (Å²) in [5, 5.41) is 0.323. The van der Waals surface area contributed by atoms with Crippen LogP contribution in [0, 0.1) is 5.92 Å². The van der Waals surface area contributed by atoms with Gasteiger partial charge in [0.15, 0.2) is 0 Å². The average Bonchev–Trinajstić information content (AvgIpc) is 2.61. The summed E-state index contributed by atoms with van der Waals surface area (Å²) in [5.74, 6) is 0.677. The van der Waals surface area contributed by atoms with Gasteiger partial charge in [0.05, 0.1) is 0 Å². The first kappa shape index (κ1) is 27.7. The van der Waals surface area contributed by atoms with Gasteiger partial charge in [-0.2, -0.15) is 0 Å². The molecule has 0 aromatic rings. The van der Waals surface area contributed by atoms with Crippen LogP contribution >= 0.6 is 0 Å². The molecule has 0 aromatic carbocycles. The molecule has 27 heavy (non-hydrogen) atoms. The zero-order valence-corrected chi connectivity index (χ0v) is 24.3. The van der Waals surface area contributed by atoms with Gasteiger partial charge in [0.25, 0.3) is 0 Å². The van der Waals surface area contributed by atoms with E-state index in [0.29, 0.717) is 11.0 Å². The first-order chi connectivity index (χ1) is 12.6. The van der Waals surface area contributed by atoms with Crippen molar-refractivity contribution in [1.82, 2.24) is 0 Å². The van der Waals surface area contributed by atoms with E-state index in [-0.39, 0.29) is 0 Å². The van der Waals surface area contributed by atoms with E-state index in [9.17, 15) is 0 Å². The molecule has 0 bridgehead atoms. The molecule has 0 N–H and O–H groups in total. The molecule has 0 unspecified atom stereocenters. The van der Waals surface area contributed by atoms with Crippen molar-refractivity contribution >= 4 is 26.7 Å². The van der Waals surface area contributed by atoms with Crippen molar-refractivity contribution in [3.8, 4) is 0 Å². The van der Waals surface area contributed by atoms with Crippen molar-refractivity contribution in [2.75, 3.05) is 6.61 Å². The predicted molar refractivity (Wildman–Crippen MR) is 131 cm³/mol. The first-order valence-electron chi connectivity index (χ1n) is 11.9. The molecule has 0 aromatic heterocycles. The van der Waals surface area contributed by atoms with Gasteiger partial charge in [0, 0.05) is 0 Å². The molecule has 0 rings (SSSR count). The summed E-state index contributed by atoms with van der Waals surface area (Å²) < 4.78 is 14.0. The molecule has 3 heteroatoms. The molecule has 0 fully saturated rings. The summed E-state index contributed by atoms with van der Waals surface area (Å²) in [6.45, 7) is 22.3. The Bertz CT molecular complexity index is 379. The standard InChI is InChI=1S/C12H25OSi.3C4H9.Sn/c1-8-9-10-13-14(6,7)12(4,5)11(2)3;3*1-3-4-2;/h1,8,11H,9-10H2,2-7H3;3*1,3-4H2,2H3;. The maximum atomic E-state index is 6.52. The summed E-state index contributed by atoms with van der Waals surface area (Å²) in [5.41, 5.74) is 0. The number of unbranched alkanes of at least 4 members (excludes halogenated alkanes) is 3. The Hall–Kier alpha value is 0.716. The topological polar surface area (TPSA) is 9.23 Å². The molecule has 0 atom stereocenters. The van der Waals surface area contributed by atoms with Crippen molar-refractivity contribution in [3.63, 3.8) is 0 Å². The van der Waals surface area contributed by atoms with Gasteiger partial charge in [-0.25, -0.2) is 0 Å². The quantitative estimate of drug-likeness (QED) is 0.151. The average molecular weight is 503 g/mol. The Morgan fingerprint density at radius 2 is 1.33 bits per heavy atom. The third-order valence-corrected chi connectivity index (χ3v) is 26.1. The van der Waals surface area contributed by atoms with E-state index >= 15 is 0 Å². The van der Waals surface area contributed by atoms with E-state index < -0.39 is 26.7 Å². The SMILES string of the molecule is CCC[CH2][Sn]([CH]=CCCO[Si](C)(C)C(C)(C)C(C)C)([CH2]CCC)[CH2]CCC. The second-order valence-corrected chi connectivity index (χ2v) is 27.7. The maximum absolute atomic E-state index is 6.52. The van der Waals surface area contributed by atoms with E-state index in [1.165, 1.54) is 38.5 Å². The molecule has 0 saturated heterocycles. The van der Waals surface area contributed by atoms with E-state index in [1.807, 2.05) is 0 Å². The van der Waals surface area contributed by atoms with Crippen LogP contribution in [0.1, 0.15) is 93.4 Å². The van der Waals surface area contributed by atoms with Crippen molar-refractivity contribution in [1.29, 1.82) is 0 Å². The Morgan fingerprint density at radius 3 is 1.70 bits per heavy atom. The molecule has 0 amide bonds. The van der Waals surface area contributed by atoms with Crippen LogP contribution < -0.4 is 0 Å². The summed E-state index contributed by atoms with van der Waals surface area (Å²) >= 11 is -2.09. The summed E-state index contributed by atoms with van der Waals surface area (Å²) in [6, 6.07) is 0. The molecular formula is C24H52OSiSn. The van der Waals surface area contributed by atoms with Gasteiger partial charge < -0.3 is 0 Å². The van der Waals surface area contributed by atoms with Crippen LogP contribution in [0.5, 0.6) is 0 Å². The van der Waals surface area contributed by atoms with Crippen LogP contribution in [0.3, 0.4) is 0 Å². The van der Waals surface area contributed by atoms with Crippen LogP contribution in [0.4, 0.5) is 0 Å². The Balaban J connectivity index is 4.88. The van der Waals surface area contributed by atoms with Gasteiger partial charge in [-0.1, -0.05) is 0 Å². The van der Waals surface area contributed by atoms with Crippen molar-refractivity contribution in [2.24, 2.45) is 5.92 Å². The van der Waals surface area contributed by atoms with Crippen molar-refractivity contribution < 1.29 is 4.43 Å². The third-order valence-electron chi connectivity index (χ3n) is 7.30. The van der Waals surface area contributed by atoms with Gasteiger partial charge in [-0.3, -0.25) is 0 Å². The summed E-state index contributed by atoms with van der Waals surface area (Å²) in [6.07, 6.45) is 12.1. The molecule has 1 nitrogen and oxygen atoms in total. The van der Waals surface area contributed by atoms with Crippen molar-refractivity contribution in [2.45, 2.75) is 125 Å². The third kappa shape index (κ3) is 9.84. The second-order valence-electron chi connectivity index (χ2n) is 10.1. The van der Waals surface area contributed by atoms with Gasteiger partial charge in [-0.15, -0.1) is 0 Å². The molecular weight excluding hydrogens is 451 g/mol. The number of hydrogen-bond acceptors (Lipinski definition) is 1. The van der Waals surface area contributed by atoms with Gasteiger partial charge >= 0.3 is 179 Å². The van der Waals surface area contributed by atoms with Gasteiger partial charge in [0.2, 0.25) is 0 Å². The number of rotatable bonds is 16. The zero-order chi connectivity index (χ0) is 21.0. The van der Waals surface area contributed by atoms with E-state index in [2.05, 4.69) is 71.7 Å². The number of hydrogen-bond donors (Lipinski definition) is 0. The second kappa shape index (κ2) is 13.8. The minimum absolute atomic E-state index is 0.323. The van der Waals surface area contributed by atoms with E-state index in [0.717, 1.165) is 13.0 Å². The first-order valence-corrected chi connectivity index (χ1v) is 22.5. The molecule has 0 radical (unpaired) electrons. The molecule has 162 valence electrons. The fourth-order valence-electron chi connectivity index (χ4n) is 3.81. The summed E-state index contributed by atoms with van der Waals surface area (Å²) in [4.78, 5) is 0. The molecule has 0 heterocycles. The molecule has 0 aliphatic rings. The molecule has 0 aliphatic heterocycles. The van der Waals surface area contributed by atoms with Crippen LogP contribution in [0.25, 0.3) is 0 Å². The Labute approximate surface area is 178 Å². The van der Waals surface area contributed by atoms with E-state index in [1.54, 1.807) is 13.3 Å². The van der Waals surface area contributed by atoms with Crippen LogP contribution in [0.2, 0.25) is 31.4 Å². The van der Waals surface area contributed by atoms with Crippen LogP contribution in [-0.2, 0) is 4.43 Å². The normalized spacial score (nSPS) is 13.9. The van der Waals surface area contributed by atoms with Gasteiger partial charge in [-0.05, 0) is 0 Å². The Kier molecular flexibility index (Phi) is 14.2. The summed E-state index contributed by atoms with van der Waals surface area (Å²) in [7, 11) is -1.67. The zero-order valence-electron chi connectivity index (χ0n) is 20.4. The fraction of sp³-hybridized carbons (Fsp3) is 0.917. The molecule has 0 saturated carbocycles. The Morgan fingerprint density at radius 1 is 0.889 bits per heavy atom. The van der Waals surface area contributed by atoms with Gasteiger partial charge in [0.1, 0.15) is 0 Å². The van der Waals surface area contributed by atoms with Crippen molar-refractivity contribution in [3.05, 3.63) is 10.2 Å².